The Kier molecular flexibility index (Phi) is 4.64. The van der Waals surface area contributed by atoms with Gasteiger partial charge in [0.1, 0.15) is 6.07 Å². The standard InChI is InChI=1S/C22H21N7O2S/c1-14-2-6-18(7-3-14)32(30,31)29-9-8-19-21(20(24)12-25-22(19)29)26-15-4-5-17-10-16(11-23)27-28(17)13-15/h2-3,6-10,12,15H,4-5,13,24H2,1H3,(H,25,26)/t15-/m0/s1. The van der Waals surface area contributed by atoms with Gasteiger partial charge in [0.25, 0.3) is 10.0 Å². The zero-order chi connectivity index (χ0) is 22.5. The van der Waals surface area contributed by atoms with Crippen LogP contribution in [0.2, 0.25) is 0 Å². The molecule has 1 atom stereocenters. The summed E-state index contributed by atoms with van der Waals surface area (Å²) in [7, 11) is -3.80. The predicted octanol–water partition coefficient (Wildman–Crippen LogP) is 2.66. The minimum Gasteiger partial charge on any atom is -0.396 e. The summed E-state index contributed by atoms with van der Waals surface area (Å²) in [5.74, 6) is 0. The molecular formula is C22H21N7O2S. The highest BCUT2D eigenvalue weighted by Crippen LogP contribution is 2.32. The number of nitrogens with zero attached hydrogens (tertiary/aromatic N) is 5. The number of hydrogen-bond acceptors (Lipinski definition) is 7. The van der Waals surface area contributed by atoms with Gasteiger partial charge in [-0.05, 0) is 44.0 Å². The van der Waals surface area contributed by atoms with Crippen molar-refractivity contribution in [3.63, 3.8) is 0 Å². The first-order valence-electron chi connectivity index (χ1n) is 10.2. The second kappa shape index (κ2) is 7.39. The molecule has 0 saturated carbocycles. The summed E-state index contributed by atoms with van der Waals surface area (Å²) in [5.41, 5.74) is 10.0. The molecule has 4 aromatic rings. The topological polar surface area (TPSA) is 132 Å². The lowest BCUT2D eigenvalue weighted by Crippen LogP contribution is -2.32. The molecule has 3 N–H and O–H groups in total. The first-order valence-corrected chi connectivity index (χ1v) is 11.6. The number of aryl methyl sites for hydroxylation is 2. The summed E-state index contributed by atoms with van der Waals surface area (Å²) in [6, 6.07) is 12.3. The summed E-state index contributed by atoms with van der Waals surface area (Å²) >= 11 is 0. The van der Waals surface area contributed by atoms with E-state index in [1.165, 1.54) is 16.4 Å². The van der Waals surface area contributed by atoms with Crippen molar-refractivity contribution in [3.05, 3.63) is 65.7 Å². The summed E-state index contributed by atoms with van der Waals surface area (Å²) in [6.45, 7) is 2.49. The summed E-state index contributed by atoms with van der Waals surface area (Å²) in [5, 5.41) is 17.5. The van der Waals surface area contributed by atoms with E-state index < -0.39 is 10.0 Å². The third kappa shape index (κ3) is 3.27. The fraction of sp³-hybridized carbons (Fsp3) is 0.227. The van der Waals surface area contributed by atoms with Crippen LogP contribution in [0.3, 0.4) is 0 Å². The second-order valence-electron chi connectivity index (χ2n) is 7.95. The Balaban J connectivity index is 1.50. The predicted molar refractivity (Wildman–Crippen MR) is 121 cm³/mol. The fourth-order valence-electron chi connectivity index (χ4n) is 4.07. The summed E-state index contributed by atoms with van der Waals surface area (Å²) < 4.78 is 29.4. The molecule has 0 fully saturated rings. The Labute approximate surface area is 185 Å². The Hall–Kier alpha value is -3.84. The van der Waals surface area contributed by atoms with Gasteiger partial charge < -0.3 is 11.1 Å². The van der Waals surface area contributed by atoms with Crippen LogP contribution >= 0.6 is 0 Å². The maximum absolute atomic E-state index is 13.2. The van der Waals surface area contributed by atoms with Crippen molar-refractivity contribution in [3.8, 4) is 6.07 Å². The van der Waals surface area contributed by atoms with Crippen LogP contribution in [0, 0.1) is 18.3 Å². The number of aromatic nitrogens is 4. The van der Waals surface area contributed by atoms with Crippen LogP contribution in [0.1, 0.15) is 23.4 Å². The van der Waals surface area contributed by atoms with Crippen molar-refractivity contribution in [1.29, 1.82) is 5.26 Å². The molecule has 1 aliphatic rings. The molecule has 0 aliphatic carbocycles. The molecule has 0 spiro atoms. The molecule has 32 heavy (non-hydrogen) atoms. The van der Waals surface area contributed by atoms with Crippen LogP contribution < -0.4 is 11.1 Å². The number of hydrogen-bond donors (Lipinski definition) is 2. The zero-order valence-electron chi connectivity index (χ0n) is 17.4. The molecule has 0 saturated heterocycles. The van der Waals surface area contributed by atoms with E-state index in [9.17, 15) is 8.42 Å². The van der Waals surface area contributed by atoms with E-state index in [0.29, 0.717) is 34.6 Å². The van der Waals surface area contributed by atoms with Crippen molar-refractivity contribution >= 4 is 32.4 Å². The quantitative estimate of drug-likeness (QED) is 0.491. The third-order valence-corrected chi connectivity index (χ3v) is 7.44. The van der Waals surface area contributed by atoms with Crippen LogP contribution in [-0.4, -0.2) is 33.2 Å². The molecule has 162 valence electrons. The molecule has 0 bridgehead atoms. The van der Waals surface area contributed by atoms with E-state index >= 15 is 0 Å². The Morgan fingerprint density at radius 1 is 1.25 bits per heavy atom. The highest BCUT2D eigenvalue weighted by molar-refractivity contribution is 7.90. The van der Waals surface area contributed by atoms with Gasteiger partial charge in [-0.25, -0.2) is 17.4 Å². The minimum atomic E-state index is -3.80. The third-order valence-electron chi connectivity index (χ3n) is 5.76. The highest BCUT2D eigenvalue weighted by Gasteiger charge is 2.24. The van der Waals surface area contributed by atoms with Crippen molar-refractivity contribution < 1.29 is 8.42 Å². The van der Waals surface area contributed by atoms with E-state index in [-0.39, 0.29) is 10.9 Å². The van der Waals surface area contributed by atoms with E-state index in [0.717, 1.165) is 24.1 Å². The lowest BCUT2D eigenvalue weighted by atomic mass is 10.0. The molecule has 5 rings (SSSR count). The van der Waals surface area contributed by atoms with Gasteiger partial charge in [0.2, 0.25) is 0 Å². The Morgan fingerprint density at radius 2 is 2.03 bits per heavy atom. The van der Waals surface area contributed by atoms with Gasteiger partial charge in [-0.15, -0.1) is 0 Å². The maximum atomic E-state index is 13.2. The number of fused-ring (bicyclic) bond motifs is 2. The number of nitrogens with one attached hydrogen (secondary N) is 1. The van der Waals surface area contributed by atoms with Gasteiger partial charge in [0, 0.05) is 23.3 Å². The number of anilines is 2. The van der Waals surface area contributed by atoms with Crippen molar-refractivity contribution in [2.75, 3.05) is 11.1 Å². The van der Waals surface area contributed by atoms with E-state index in [1.54, 1.807) is 30.3 Å². The van der Waals surface area contributed by atoms with Gasteiger partial charge in [0.15, 0.2) is 11.3 Å². The van der Waals surface area contributed by atoms with Crippen molar-refractivity contribution in [1.82, 2.24) is 18.7 Å². The normalized spacial score (nSPS) is 15.9. The first kappa shape index (κ1) is 20.1. The molecule has 9 nitrogen and oxygen atoms in total. The second-order valence-corrected chi connectivity index (χ2v) is 9.77. The van der Waals surface area contributed by atoms with Crippen LogP contribution in [0.4, 0.5) is 11.4 Å². The molecule has 0 unspecified atom stereocenters. The van der Waals surface area contributed by atoms with Crippen LogP contribution in [0.25, 0.3) is 11.0 Å². The van der Waals surface area contributed by atoms with Gasteiger partial charge >= 0.3 is 0 Å². The van der Waals surface area contributed by atoms with Crippen LogP contribution in [-0.2, 0) is 23.0 Å². The van der Waals surface area contributed by atoms with Gasteiger partial charge in [0.05, 0.1) is 29.0 Å². The Bertz CT molecular complexity index is 1480. The molecule has 0 radical (unpaired) electrons. The van der Waals surface area contributed by atoms with E-state index in [4.69, 9.17) is 11.0 Å². The summed E-state index contributed by atoms with van der Waals surface area (Å²) in [4.78, 5) is 4.51. The molecule has 1 aliphatic heterocycles. The lowest BCUT2D eigenvalue weighted by Gasteiger charge is -2.26. The SMILES string of the molecule is Cc1ccc(S(=O)(=O)n2ccc3c(N[C@H]4CCc5cc(C#N)nn5C4)c(N)cnc32)cc1. The molecular weight excluding hydrogens is 426 g/mol. The molecule has 1 aromatic carbocycles. The highest BCUT2D eigenvalue weighted by atomic mass is 32.2. The average molecular weight is 448 g/mol. The molecule has 3 aromatic heterocycles. The monoisotopic (exact) mass is 447 g/mol. The van der Waals surface area contributed by atoms with E-state index in [2.05, 4.69) is 21.5 Å². The van der Waals surface area contributed by atoms with Crippen LogP contribution in [0.5, 0.6) is 0 Å². The minimum absolute atomic E-state index is 0.0268. The summed E-state index contributed by atoms with van der Waals surface area (Å²) in [6.07, 6.45) is 4.59. The van der Waals surface area contributed by atoms with Crippen molar-refractivity contribution in [2.45, 2.75) is 37.2 Å². The number of nitrogens with two attached hydrogens (primary N) is 1. The number of benzene rings is 1. The number of nitriles is 1. The van der Waals surface area contributed by atoms with Gasteiger partial charge in [-0.1, -0.05) is 17.7 Å². The maximum Gasteiger partial charge on any atom is 0.269 e. The average Bonchev–Trinajstić information content (AvgIpc) is 3.40. The number of nitrogen functional groups attached to an aromatic ring is 1. The number of rotatable bonds is 4. The van der Waals surface area contributed by atoms with Gasteiger partial charge in [-0.3, -0.25) is 4.68 Å². The fourth-order valence-corrected chi connectivity index (χ4v) is 5.37. The van der Waals surface area contributed by atoms with Gasteiger partial charge in [-0.2, -0.15) is 10.4 Å². The van der Waals surface area contributed by atoms with Crippen LogP contribution in [0.15, 0.2) is 53.7 Å². The largest absolute Gasteiger partial charge is 0.396 e. The molecule has 10 heteroatoms. The molecule has 0 amide bonds. The smallest absolute Gasteiger partial charge is 0.269 e. The number of pyridine rings is 1. The lowest BCUT2D eigenvalue weighted by molar-refractivity contribution is 0.447. The first-order chi connectivity index (χ1) is 15.4. The van der Waals surface area contributed by atoms with E-state index in [1.807, 2.05) is 17.7 Å². The molecule has 4 heterocycles. The Morgan fingerprint density at radius 3 is 2.78 bits per heavy atom. The van der Waals surface area contributed by atoms with Crippen molar-refractivity contribution in [2.24, 2.45) is 0 Å². The zero-order valence-corrected chi connectivity index (χ0v) is 18.2.